The number of fused-ring (bicyclic) bond motifs is 1. The van der Waals surface area contributed by atoms with Crippen molar-refractivity contribution in [3.8, 4) is 0 Å². The number of amides is 1. The van der Waals surface area contributed by atoms with Crippen LogP contribution in [0.5, 0.6) is 0 Å². The molecule has 0 radical (unpaired) electrons. The van der Waals surface area contributed by atoms with Crippen molar-refractivity contribution in [2.24, 2.45) is 0 Å². The SMILES string of the molecule is O=C(NC(Cc1c[nH]cn1)Cn1ccnc1)c1nc2ccccc2s1. The number of benzene rings is 1. The molecule has 25 heavy (non-hydrogen) atoms. The largest absolute Gasteiger partial charge is 0.351 e. The van der Waals surface area contributed by atoms with Crippen LogP contribution in [0.2, 0.25) is 0 Å². The van der Waals surface area contributed by atoms with Crippen molar-refractivity contribution in [2.45, 2.75) is 19.0 Å². The molecule has 1 atom stereocenters. The summed E-state index contributed by atoms with van der Waals surface area (Å²) in [6.07, 6.45) is 9.44. The zero-order valence-corrected chi connectivity index (χ0v) is 14.1. The molecule has 1 aromatic carbocycles. The average molecular weight is 352 g/mol. The van der Waals surface area contributed by atoms with Gasteiger partial charge >= 0.3 is 0 Å². The van der Waals surface area contributed by atoms with Crippen molar-refractivity contribution < 1.29 is 4.79 Å². The highest BCUT2D eigenvalue weighted by Gasteiger charge is 2.18. The van der Waals surface area contributed by atoms with Crippen LogP contribution in [0, 0.1) is 0 Å². The molecule has 0 aliphatic carbocycles. The summed E-state index contributed by atoms with van der Waals surface area (Å²) in [5, 5.41) is 3.55. The molecule has 126 valence electrons. The number of thiazole rings is 1. The predicted octanol–water partition coefficient (Wildman–Crippen LogP) is 2.26. The number of aromatic amines is 1. The Bertz CT molecular complexity index is 891. The average Bonchev–Trinajstić information content (AvgIpc) is 3.36. The van der Waals surface area contributed by atoms with Gasteiger partial charge in [0.15, 0.2) is 5.01 Å². The summed E-state index contributed by atoms with van der Waals surface area (Å²) in [5.41, 5.74) is 1.74. The third-order valence-corrected chi connectivity index (χ3v) is 4.86. The van der Waals surface area contributed by atoms with Crippen molar-refractivity contribution in [1.29, 1.82) is 0 Å². The molecular formula is C17H16N6OS. The molecule has 0 aliphatic heterocycles. The number of rotatable bonds is 6. The summed E-state index contributed by atoms with van der Waals surface area (Å²) in [4.78, 5) is 28.3. The molecule has 0 saturated carbocycles. The number of aromatic nitrogens is 5. The second-order valence-corrected chi connectivity index (χ2v) is 6.71. The van der Waals surface area contributed by atoms with Gasteiger partial charge in [0.05, 0.1) is 34.6 Å². The lowest BCUT2D eigenvalue weighted by atomic mass is 10.1. The molecule has 4 aromatic rings. The first-order chi connectivity index (χ1) is 12.3. The smallest absolute Gasteiger partial charge is 0.280 e. The van der Waals surface area contributed by atoms with E-state index in [9.17, 15) is 4.79 Å². The van der Waals surface area contributed by atoms with Gasteiger partial charge in [0.2, 0.25) is 0 Å². The summed E-state index contributed by atoms with van der Waals surface area (Å²) in [6, 6.07) is 7.63. The van der Waals surface area contributed by atoms with Crippen molar-refractivity contribution in [3.63, 3.8) is 0 Å². The molecule has 2 N–H and O–H groups in total. The molecule has 8 heteroatoms. The van der Waals surface area contributed by atoms with Gasteiger partial charge in [-0.1, -0.05) is 12.1 Å². The third kappa shape index (κ3) is 3.58. The Labute approximate surface area is 147 Å². The van der Waals surface area contributed by atoms with Crippen LogP contribution in [0.25, 0.3) is 10.2 Å². The van der Waals surface area contributed by atoms with Gasteiger partial charge in [0.1, 0.15) is 0 Å². The monoisotopic (exact) mass is 352 g/mol. The van der Waals surface area contributed by atoms with Gasteiger partial charge in [-0.3, -0.25) is 4.79 Å². The van der Waals surface area contributed by atoms with Gasteiger partial charge in [-0.05, 0) is 12.1 Å². The van der Waals surface area contributed by atoms with Crippen molar-refractivity contribution in [3.05, 3.63) is 66.2 Å². The van der Waals surface area contributed by atoms with Gasteiger partial charge in [0.25, 0.3) is 5.91 Å². The lowest BCUT2D eigenvalue weighted by molar-refractivity contribution is 0.0932. The summed E-state index contributed by atoms with van der Waals surface area (Å²) >= 11 is 1.40. The highest BCUT2D eigenvalue weighted by molar-refractivity contribution is 7.20. The van der Waals surface area contributed by atoms with Crippen molar-refractivity contribution in [2.75, 3.05) is 0 Å². The number of nitrogens with one attached hydrogen (secondary N) is 2. The zero-order valence-electron chi connectivity index (χ0n) is 13.3. The van der Waals surface area contributed by atoms with E-state index in [4.69, 9.17) is 0 Å². The molecule has 7 nitrogen and oxygen atoms in total. The summed E-state index contributed by atoms with van der Waals surface area (Å²) < 4.78 is 2.95. The number of hydrogen-bond acceptors (Lipinski definition) is 5. The lowest BCUT2D eigenvalue weighted by Crippen LogP contribution is -2.39. The Hall–Kier alpha value is -3.00. The van der Waals surface area contributed by atoms with Gasteiger partial charge in [-0.2, -0.15) is 0 Å². The van der Waals surface area contributed by atoms with E-state index in [2.05, 4.69) is 25.3 Å². The molecule has 0 saturated heterocycles. The number of carbonyl (C=O) groups excluding carboxylic acids is 1. The maximum absolute atomic E-state index is 12.7. The molecule has 0 aliphatic rings. The van der Waals surface area contributed by atoms with E-state index in [1.54, 1.807) is 18.9 Å². The van der Waals surface area contributed by atoms with E-state index < -0.39 is 0 Å². The minimum absolute atomic E-state index is 0.114. The van der Waals surface area contributed by atoms with E-state index in [0.29, 0.717) is 18.0 Å². The lowest BCUT2D eigenvalue weighted by Gasteiger charge is -2.17. The molecular weight excluding hydrogens is 336 g/mol. The van der Waals surface area contributed by atoms with E-state index in [1.165, 1.54) is 11.3 Å². The van der Waals surface area contributed by atoms with Crippen LogP contribution in [-0.4, -0.2) is 36.5 Å². The van der Waals surface area contributed by atoms with E-state index in [-0.39, 0.29) is 11.9 Å². The second-order valence-electron chi connectivity index (χ2n) is 5.68. The fraction of sp³-hybridized carbons (Fsp3) is 0.176. The van der Waals surface area contributed by atoms with E-state index >= 15 is 0 Å². The molecule has 0 spiro atoms. The number of carbonyl (C=O) groups is 1. The fourth-order valence-electron chi connectivity index (χ4n) is 2.68. The van der Waals surface area contributed by atoms with E-state index in [0.717, 1.165) is 15.9 Å². The minimum Gasteiger partial charge on any atom is -0.351 e. The Balaban J connectivity index is 1.52. The fourth-order valence-corrected chi connectivity index (χ4v) is 3.55. The number of H-pyrrole nitrogens is 1. The van der Waals surface area contributed by atoms with Gasteiger partial charge in [-0.25, -0.2) is 15.0 Å². The molecule has 0 bridgehead atoms. The maximum atomic E-state index is 12.7. The van der Waals surface area contributed by atoms with Gasteiger partial charge < -0.3 is 14.9 Å². The van der Waals surface area contributed by atoms with Crippen molar-refractivity contribution >= 4 is 27.5 Å². The molecule has 0 fully saturated rings. The Morgan fingerprint density at radius 1 is 1.36 bits per heavy atom. The number of para-hydroxylation sites is 1. The zero-order chi connectivity index (χ0) is 17.1. The number of imidazole rings is 2. The normalized spacial score (nSPS) is 12.3. The molecule has 3 aromatic heterocycles. The molecule has 1 amide bonds. The minimum atomic E-state index is -0.165. The van der Waals surface area contributed by atoms with Gasteiger partial charge in [-0.15, -0.1) is 11.3 Å². The summed E-state index contributed by atoms with van der Waals surface area (Å²) in [5.74, 6) is -0.165. The molecule has 3 heterocycles. The summed E-state index contributed by atoms with van der Waals surface area (Å²) in [6.45, 7) is 0.615. The molecule has 4 rings (SSSR count). The van der Waals surface area contributed by atoms with Crippen LogP contribution in [0.1, 0.15) is 15.5 Å². The topological polar surface area (TPSA) is 88.5 Å². The first-order valence-corrected chi connectivity index (χ1v) is 8.69. The highest BCUT2D eigenvalue weighted by atomic mass is 32.1. The standard InChI is InChI=1S/C17H16N6OS/c24-16(17-22-14-3-1-2-4-15(14)25-17)21-13(7-12-8-19-10-20-12)9-23-6-5-18-11-23/h1-6,8,10-11,13H,7,9H2,(H,19,20)(H,21,24). The number of nitrogens with zero attached hydrogens (tertiary/aromatic N) is 4. The quantitative estimate of drug-likeness (QED) is 0.557. The van der Waals surface area contributed by atoms with Crippen LogP contribution in [0.15, 0.2) is 55.5 Å². The Kier molecular flexibility index (Phi) is 4.26. The van der Waals surface area contributed by atoms with Crippen LogP contribution in [-0.2, 0) is 13.0 Å². The Morgan fingerprint density at radius 2 is 2.28 bits per heavy atom. The van der Waals surface area contributed by atoms with Crippen LogP contribution in [0.3, 0.4) is 0 Å². The molecule has 1 unspecified atom stereocenters. The van der Waals surface area contributed by atoms with E-state index in [1.807, 2.05) is 41.2 Å². The van der Waals surface area contributed by atoms with Crippen LogP contribution < -0.4 is 5.32 Å². The maximum Gasteiger partial charge on any atom is 0.280 e. The highest BCUT2D eigenvalue weighted by Crippen LogP contribution is 2.21. The first-order valence-electron chi connectivity index (χ1n) is 7.88. The van der Waals surface area contributed by atoms with Crippen LogP contribution >= 0.6 is 11.3 Å². The Morgan fingerprint density at radius 3 is 3.04 bits per heavy atom. The van der Waals surface area contributed by atoms with Crippen LogP contribution in [0.4, 0.5) is 0 Å². The second kappa shape index (κ2) is 6.86. The number of hydrogen-bond donors (Lipinski definition) is 2. The summed E-state index contributed by atoms with van der Waals surface area (Å²) in [7, 11) is 0. The van der Waals surface area contributed by atoms with Crippen molar-refractivity contribution in [1.82, 2.24) is 29.8 Å². The predicted molar refractivity (Wildman–Crippen MR) is 95.4 cm³/mol. The van der Waals surface area contributed by atoms with Gasteiger partial charge in [0, 0.05) is 31.6 Å². The first kappa shape index (κ1) is 15.5. The third-order valence-electron chi connectivity index (χ3n) is 3.82.